The van der Waals surface area contributed by atoms with Crippen molar-refractivity contribution in [1.29, 1.82) is 0 Å². The van der Waals surface area contributed by atoms with E-state index in [1.54, 1.807) is 0 Å². The van der Waals surface area contributed by atoms with Gasteiger partial charge in [-0.15, -0.1) is 0 Å². The van der Waals surface area contributed by atoms with Gasteiger partial charge in [0.15, 0.2) is 6.10 Å². The first-order valence-electron chi connectivity index (χ1n) is 31.2. The second kappa shape index (κ2) is 61.2. The van der Waals surface area contributed by atoms with E-state index in [1.165, 1.54) is 238 Å². The molecule has 5 nitrogen and oxygen atoms in total. The number of carbonyl (C=O) groups is 2. The average Bonchev–Trinajstić information content (AvgIpc) is 3.36. The number of hydrogen-bond acceptors (Lipinski definition) is 5. The first kappa shape index (κ1) is 67.9. The number of aliphatic hydroxyl groups is 1. The van der Waals surface area contributed by atoms with E-state index < -0.39 is 6.10 Å². The monoisotopic (exact) mass is 981 g/mol. The van der Waals surface area contributed by atoms with Gasteiger partial charge in [0.2, 0.25) is 0 Å². The van der Waals surface area contributed by atoms with Gasteiger partial charge in [-0.2, -0.15) is 0 Å². The fourth-order valence-electron chi connectivity index (χ4n) is 9.49. The van der Waals surface area contributed by atoms with Gasteiger partial charge in [-0.3, -0.25) is 9.59 Å². The molecule has 0 heterocycles. The second-order valence-corrected chi connectivity index (χ2v) is 21.1. The third-order valence-corrected chi connectivity index (χ3v) is 14.1. The summed E-state index contributed by atoms with van der Waals surface area (Å²) in [4.78, 5) is 24.5. The van der Waals surface area contributed by atoms with Crippen LogP contribution in [0.25, 0.3) is 0 Å². The van der Waals surface area contributed by atoms with Crippen LogP contribution in [0, 0.1) is 0 Å². The van der Waals surface area contributed by atoms with Crippen LogP contribution in [0.2, 0.25) is 0 Å². The molecule has 0 aromatic rings. The van der Waals surface area contributed by atoms with E-state index in [9.17, 15) is 14.7 Å². The molecule has 70 heavy (non-hydrogen) atoms. The molecule has 0 aliphatic carbocycles. The zero-order chi connectivity index (χ0) is 50.6. The quantitative estimate of drug-likeness (QED) is 0.0373. The zero-order valence-corrected chi connectivity index (χ0v) is 47.0. The largest absolute Gasteiger partial charge is 0.462 e. The van der Waals surface area contributed by atoms with E-state index in [-0.39, 0.29) is 25.2 Å². The first-order valence-corrected chi connectivity index (χ1v) is 31.2. The summed E-state index contributed by atoms with van der Waals surface area (Å²) in [6.45, 7) is 4.07. The highest BCUT2D eigenvalue weighted by Crippen LogP contribution is 2.18. The van der Waals surface area contributed by atoms with Crippen LogP contribution < -0.4 is 0 Å². The van der Waals surface area contributed by atoms with Crippen LogP contribution in [0.4, 0.5) is 0 Å². The van der Waals surface area contributed by atoms with Crippen LogP contribution in [0.1, 0.15) is 335 Å². The molecule has 1 unspecified atom stereocenters. The van der Waals surface area contributed by atoms with Gasteiger partial charge < -0.3 is 14.6 Å². The lowest BCUT2D eigenvalue weighted by atomic mass is 10.0. The van der Waals surface area contributed by atoms with E-state index in [0.29, 0.717) is 12.8 Å². The van der Waals surface area contributed by atoms with E-state index in [0.717, 1.165) is 70.6 Å². The summed E-state index contributed by atoms with van der Waals surface area (Å²) in [5.41, 5.74) is 0. The van der Waals surface area contributed by atoms with Crippen LogP contribution >= 0.6 is 0 Å². The molecule has 0 radical (unpaired) electrons. The van der Waals surface area contributed by atoms with Crippen molar-refractivity contribution in [2.45, 2.75) is 341 Å². The number of carbonyl (C=O) groups excluding carboxylic acids is 2. The summed E-state index contributed by atoms with van der Waals surface area (Å²) in [6, 6.07) is 0. The summed E-state index contributed by atoms with van der Waals surface area (Å²) in [5.74, 6) is -0.585. The molecule has 0 amide bonds. The number of allylic oxidation sites excluding steroid dienone is 8. The Bertz CT molecular complexity index is 1150. The minimum absolute atomic E-state index is 0.0664. The zero-order valence-electron chi connectivity index (χ0n) is 47.0. The summed E-state index contributed by atoms with van der Waals surface area (Å²) in [5, 5.41) is 9.66. The lowest BCUT2D eigenvalue weighted by molar-refractivity contribution is -0.161. The Hall–Kier alpha value is -2.14. The molecule has 0 aromatic carbocycles. The average molecular weight is 982 g/mol. The maximum absolute atomic E-state index is 12.3. The van der Waals surface area contributed by atoms with Gasteiger partial charge in [0.1, 0.15) is 6.61 Å². The molecule has 0 rings (SSSR count). The van der Waals surface area contributed by atoms with Crippen LogP contribution in [0.3, 0.4) is 0 Å². The van der Waals surface area contributed by atoms with Crippen LogP contribution in [-0.2, 0) is 19.1 Å². The van der Waals surface area contributed by atoms with E-state index in [4.69, 9.17) is 9.47 Å². The Kier molecular flexibility index (Phi) is 59.3. The molecule has 0 aliphatic rings. The third-order valence-electron chi connectivity index (χ3n) is 14.1. The van der Waals surface area contributed by atoms with Crippen molar-refractivity contribution in [3.8, 4) is 0 Å². The Balaban J connectivity index is 3.39. The van der Waals surface area contributed by atoms with Gasteiger partial charge in [-0.1, -0.05) is 319 Å². The summed E-state index contributed by atoms with van der Waals surface area (Å²) < 4.78 is 10.7. The van der Waals surface area contributed by atoms with Gasteiger partial charge in [0.05, 0.1) is 6.61 Å². The van der Waals surface area contributed by atoms with Gasteiger partial charge >= 0.3 is 11.9 Å². The maximum Gasteiger partial charge on any atom is 0.306 e. The molecule has 0 bridgehead atoms. The molecule has 0 saturated heterocycles. The van der Waals surface area contributed by atoms with Crippen molar-refractivity contribution in [3.05, 3.63) is 48.6 Å². The normalized spacial score (nSPS) is 12.4. The van der Waals surface area contributed by atoms with Crippen molar-refractivity contribution in [2.75, 3.05) is 13.2 Å². The van der Waals surface area contributed by atoms with E-state index in [2.05, 4.69) is 62.5 Å². The van der Waals surface area contributed by atoms with Crippen molar-refractivity contribution < 1.29 is 24.2 Å². The Morgan fingerprint density at radius 1 is 0.343 bits per heavy atom. The minimum atomic E-state index is -0.777. The maximum atomic E-state index is 12.3. The van der Waals surface area contributed by atoms with E-state index >= 15 is 0 Å². The highest BCUT2D eigenvalue weighted by atomic mass is 16.6. The number of esters is 2. The predicted octanol–water partition coefficient (Wildman–Crippen LogP) is 21.2. The number of aliphatic hydroxyl groups excluding tert-OH is 1. The number of unbranched alkanes of at least 4 members (excludes halogenated alkanes) is 42. The van der Waals surface area contributed by atoms with Crippen molar-refractivity contribution in [3.63, 3.8) is 0 Å². The van der Waals surface area contributed by atoms with Crippen molar-refractivity contribution in [1.82, 2.24) is 0 Å². The Morgan fingerprint density at radius 3 is 0.929 bits per heavy atom. The number of hydrogen-bond donors (Lipinski definition) is 1. The van der Waals surface area contributed by atoms with Crippen LogP contribution in [0.15, 0.2) is 48.6 Å². The van der Waals surface area contributed by atoms with Gasteiger partial charge in [-0.05, 0) is 51.4 Å². The molecule has 1 atom stereocenters. The lowest BCUT2D eigenvalue weighted by Gasteiger charge is -2.15. The van der Waals surface area contributed by atoms with E-state index in [1.807, 2.05) is 0 Å². The Morgan fingerprint density at radius 2 is 0.614 bits per heavy atom. The smallest absolute Gasteiger partial charge is 0.306 e. The Labute approximate surface area is 437 Å². The third kappa shape index (κ3) is 58.4. The topological polar surface area (TPSA) is 72.8 Å². The summed E-state index contributed by atoms with van der Waals surface area (Å²) in [7, 11) is 0. The molecular weight excluding hydrogens is 861 g/mol. The molecule has 0 aromatic heterocycles. The fourth-order valence-corrected chi connectivity index (χ4v) is 9.49. The van der Waals surface area contributed by atoms with Crippen LogP contribution in [-0.4, -0.2) is 36.4 Å². The SMILES string of the molecule is CC/C=C\C/C=C\C/C=C\C/C=C\CCCCCCCCCCC(=O)OC(CO)COC(=O)CCCCCCCCCCCCCCCCCCCCCCCCCCCCCCCCCCCCC. The molecule has 0 saturated carbocycles. The van der Waals surface area contributed by atoms with Gasteiger partial charge in [0, 0.05) is 12.8 Å². The molecule has 1 N–H and O–H groups in total. The predicted molar refractivity (Wildman–Crippen MR) is 307 cm³/mol. The number of rotatable bonds is 58. The fraction of sp³-hybridized carbons (Fsp3) is 0.846. The van der Waals surface area contributed by atoms with Crippen molar-refractivity contribution >= 4 is 11.9 Å². The molecule has 0 spiro atoms. The second-order valence-electron chi connectivity index (χ2n) is 21.1. The molecule has 0 fully saturated rings. The molecule has 0 aliphatic heterocycles. The highest BCUT2D eigenvalue weighted by Gasteiger charge is 2.16. The first-order chi connectivity index (χ1) is 34.6. The van der Waals surface area contributed by atoms with Crippen LogP contribution in [0.5, 0.6) is 0 Å². The van der Waals surface area contributed by atoms with Gasteiger partial charge in [-0.25, -0.2) is 0 Å². The number of ether oxygens (including phenoxy) is 2. The molecular formula is C65H120O5. The molecule has 410 valence electrons. The highest BCUT2D eigenvalue weighted by molar-refractivity contribution is 5.70. The summed E-state index contributed by atoms with van der Waals surface area (Å²) >= 11 is 0. The van der Waals surface area contributed by atoms with Crippen molar-refractivity contribution in [2.24, 2.45) is 0 Å². The summed E-state index contributed by atoms with van der Waals surface area (Å²) in [6.07, 6.45) is 81.3. The standard InChI is InChI=1S/C65H120O5/c1-3-5-7-9-11-13-15-17-19-21-23-25-26-27-28-29-30-31-32-33-34-35-36-37-38-40-41-43-45-47-49-51-53-55-57-59-64(67)69-62-63(61-66)70-65(68)60-58-56-54-52-50-48-46-44-42-39-24-22-20-18-16-14-12-10-8-6-4-2/h6,8,12,14,18,20,24,39,63,66H,3-5,7,9-11,13,15-17,19,21-23,25-38,40-62H2,1-2H3/b8-6-,14-12-,20-18-,39-24-. The minimum Gasteiger partial charge on any atom is -0.462 e. The van der Waals surface area contributed by atoms with Gasteiger partial charge in [0.25, 0.3) is 0 Å². The lowest BCUT2D eigenvalue weighted by Crippen LogP contribution is -2.28. The molecule has 5 heteroatoms.